The van der Waals surface area contributed by atoms with E-state index in [-0.39, 0.29) is 47.7 Å². The van der Waals surface area contributed by atoms with Crippen LogP contribution in [0.25, 0.3) is 0 Å². The SMILES string of the molecule is CC(C)(C)OC(=O)NCCCCC(NC(=O)OC(C)(C)C)C(=O)Oc1ccc(COC(=O)ON2C(=O)CCC2=O)c(C(=O)NNC(=O)OC(C)(C)C)c1. The zero-order valence-electron chi connectivity index (χ0n) is 31.4. The summed E-state index contributed by atoms with van der Waals surface area (Å²) < 4.78 is 26.1. The number of carbonyl (C=O) groups excluding carboxylic acids is 8. The van der Waals surface area contributed by atoms with Crippen LogP contribution in [0.5, 0.6) is 5.75 Å². The molecule has 0 saturated carbocycles. The third-order valence-electron chi connectivity index (χ3n) is 6.30. The van der Waals surface area contributed by atoms with Crippen LogP contribution in [0.4, 0.5) is 19.2 Å². The van der Waals surface area contributed by atoms with Gasteiger partial charge in [0.1, 0.15) is 35.2 Å². The molecule has 19 nitrogen and oxygen atoms in total. The molecule has 1 aliphatic rings. The van der Waals surface area contributed by atoms with Crippen LogP contribution in [-0.4, -0.2) is 82.6 Å². The van der Waals surface area contributed by atoms with Gasteiger partial charge in [0.15, 0.2) is 0 Å². The van der Waals surface area contributed by atoms with Crippen molar-refractivity contribution in [2.24, 2.45) is 0 Å². The molecule has 294 valence electrons. The lowest BCUT2D eigenvalue weighted by atomic mass is 10.1. The third kappa shape index (κ3) is 17.0. The Kier molecular flexibility index (Phi) is 15.4. The average molecular weight is 752 g/mol. The largest absolute Gasteiger partial charge is 0.534 e. The second kappa shape index (κ2) is 18.7. The Morgan fingerprint density at radius 3 is 1.91 bits per heavy atom. The molecular weight excluding hydrogens is 702 g/mol. The van der Waals surface area contributed by atoms with Gasteiger partial charge >= 0.3 is 30.4 Å². The number of benzene rings is 1. The number of esters is 1. The fourth-order valence-corrected chi connectivity index (χ4v) is 4.19. The number of hydrogen-bond acceptors (Lipinski definition) is 14. The number of carbonyl (C=O) groups is 8. The Morgan fingerprint density at radius 2 is 1.32 bits per heavy atom. The van der Waals surface area contributed by atoms with Crippen molar-refractivity contribution in [2.45, 2.75) is 124 Å². The summed E-state index contributed by atoms with van der Waals surface area (Å²) in [6, 6.07) is 2.41. The second-order valence-corrected chi connectivity index (χ2v) is 14.7. The number of hydrogen-bond donors (Lipinski definition) is 4. The number of nitrogens with zero attached hydrogens (tertiary/aromatic N) is 1. The van der Waals surface area contributed by atoms with Gasteiger partial charge in [0.05, 0.1) is 5.56 Å². The third-order valence-corrected chi connectivity index (χ3v) is 6.30. The van der Waals surface area contributed by atoms with Gasteiger partial charge in [-0.3, -0.25) is 24.6 Å². The summed E-state index contributed by atoms with van der Waals surface area (Å²) in [6.45, 7) is 14.5. The molecule has 1 fully saturated rings. The fourth-order valence-electron chi connectivity index (χ4n) is 4.19. The van der Waals surface area contributed by atoms with E-state index in [2.05, 4.69) is 26.3 Å². The van der Waals surface area contributed by atoms with E-state index < -0.39 is 77.6 Å². The molecule has 4 N–H and O–H groups in total. The number of hydroxylamine groups is 2. The minimum atomic E-state index is -1.42. The number of amides is 6. The Hall–Kier alpha value is -5.62. The molecule has 1 aliphatic heterocycles. The molecule has 1 saturated heterocycles. The van der Waals surface area contributed by atoms with Crippen LogP contribution >= 0.6 is 0 Å². The van der Waals surface area contributed by atoms with Crippen molar-refractivity contribution >= 4 is 48.1 Å². The Bertz CT molecular complexity index is 1530. The maximum atomic E-state index is 13.4. The second-order valence-electron chi connectivity index (χ2n) is 14.7. The Labute approximate surface area is 307 Å². The molecule has 6 amide bonds. The molecule has 0 aliphatic carbocycles. The number of hydrazine groups is 1. The molecule has 1 aromatic rings. The first-order valence-electron chi connectivity index (χ1n) is 16.7. The number of rotatable bonds is 12. The van der Waals surface area contributed by atoms with Crippen LogP contribution in [0.1, 0.15) is 110 Å². The number of ether oxygens (including phenoxy) is 5. The summed E-state index contributed by atoms with van der Waals surface area (Å²) in [4.78, 5) is 104. The maximum Gasteiger partial charge on any atom is 0.534 e. The van der Waals surface area contributed by atoms with E-state index >= 15 is 0 Å². The maximum absolute atomic E-state index is 13.4. The van der Waals surface area contributed by atoms with Crippen molar-refractivity contribution in [3.8, 4) is 5.75 Å². The molecule has 1 atom stereocenters. The van der Waals surface area contributed by atoms with Crippen molar-refractivity contribution in [1.29, 1.82) is 0 Å². The lowest BCUT2D eigenvalue weighted by molar-refractivity contribution is -0.177. The van der Waals surface area contributed by atoms with Crippen LogP contribution in [0.2, 0.25) is 0 Å². The zero-order valence-corrected chi connectivity index (χ0v) is 31.4. The van der Waals surface area contributed by atoms with Gasteiger partial charge in [0.25, 0.3) is 17.7 Å². The minimum absolute atomic E-state index is 0.0187. The Morgan fingerprint density at radius 1 is 0.755 bits per heavy atom. The highest BCUT2D eigenvalue weighted by atomic mass is 16.8. The van der Waals surface area contributed by atoms with Crippen LogP contribution in [0, 0.1) is 0 Å². The highest BCUT2D eigenvalue weighted by molar-refractivity contribution is 6.01. The molecule has 1 aromatic carbocycles. The van der Waals surface area contributed by atoms with Crippen LogP contribution < -0.4 is 26.2 Å². The lowest BCUT2D eigenvalue weighted by Crippen LogP contribution is -2.45. The van der Waals surface area contributed by atoms with E-state index in [0.717, 1.165) is 6.07 Å². The van der Waals surface area contributed by atoms with E-state index in [0.29, 0.717) is 12.8 Å². The van der Waals surface area contributed by atoms with Crippen molar-refractivity contribution in [3.63, 3.8) is 0 Å². The molecule has 53 heavy (non-hydrogen) atoms. The van der Waals surface area contributed by atoms with Crippen molar-refractivity contribution < 1.29 is 66.9 Å². The molecule has 0 radical (unpaired) electrons. The summed E-state index contributed by atoms with van der Waals surface area (Å²) in [5, 5.41) is 5.37. The Balaban J connectivity index is 2.23. The van der Waals surface area contributed by atoms with E-state index in [1.807, 2.05) is 0 Å². The molecule has 19 heteroatoms. The van der Waals surface area contributed by atoms with E-state index in [9.17, 15) is 38.4 Å². The molecule has 1 heterocycles. The molecular formula is C34H49N5O14. The predicted octanol–water partition coefficient (Wildman–Crippen LogP) is 4.07. The van der Waals surface area contributed by atoms with Crippen molar-refractivity contribution in [2.75, 3.05) is 6.54 Å². The number of alkyl carbamates (subject to hydrolysis) is 2. The number of imide groups is 1. The number of unbranched alkanes of at least 4 members (excludes halogenated alkanes) is 1. The minimum Gasteiger partial charge on any atom is -0.444 e. The molecule has 0 spiro atoms. The van der Waals surface area contributed by atoms with Gasteiger partial charge in [-0.15, -0.1) is 0 Å². The smallest absolute Gasteiger partial charge is 0.444 e. The molecule has 2 rings (SSSR count). The van der Waals surface area contributed by atoms with Gasteiger partial charge in [0, 0.05) is 24.9 Å². The van der Waals surface area contributed by atoms with Crippen LogP contribution in [0.3, 0.4) is 0 Å². The van der Waals surface area contributed by atoms with Crippen LogP contribution in [0.15, 0.2) is 18.2 Å². The fraction of sp³-hybridized carbons (Fsp3) is 0.588. The first-order chi connectivity index (χ1) is 24.4. The summed E-state index contributed by atoms with van der Waals surface area (Å²) >= 11 is 0. The first kappa shape index (κ1) is 43.5. The predicted molar refractivity (Wildman–Crippen MR) is 183 cm³/mol. The highest BCUT2D eigenvalue weighted by Gasteiger charge is 2.34. The van der Waals surface area contributed by atoms with Gasteiger partial charge in [0.2, 0.25) is 0 Å². The lowest BCUT2D eigenvalue weighted by Gasteiger charge is -2.23. The first-order valence-corrected chi connectivity index (χ1v) is 16.7. The standard InChI is InChI=1S/C34H49N5O14/c1-32(2,3)50-28(44)35-17-11-10-12-23(36-29(45)51-33(4,5)6)27(43)49-21-14-13-20(19-48-31(47)53-39-24(40)15-16-25(39)41)22(18-21)26(42)37-38-30(46)52-34(7,8)9/h13-14,18,23H,10-12,15-17,19H2,1-9H3,(H,35,44)(H,36,45)(H,37,42)(H,38,46). The van der Waals surface area contributed by atoms with Gasteiger partial charge < -0.3 is 34.3 Å². The number of nitrogens with one attached hydrogen (secondary N) is 4. The van der Waals surface area contributed by atoms with E-state index in [4.69, 9.17) is 23.7 Å². The van der Waals surface area contributed by atoms with Crippen molar-refractivity contribution in [1.82, 2.24) is 26.5 Å². The van der Waals surface area contributed by atoms with Gasteiger partial charge in [-0.2, -0.15) is 0 Å². The van der Waals surface area contributed by atoms with E-state index in [1.54, 1.807) is 62.3 Å². The highest BCUT2D eigenvalue weighted by Crippen LogP contribution is 2.21. The topological polar surface area (TPSA) is 243 Å². The average Bonchev–Trinajstić information content (AvgIpc) is 3.31. The van der Waals surface area contributed by atoms with Crippen LogP contribution in [-0.2, 0) is 44.8 Å². The molecule has 0 bridgehead atoms. The summed E-state index contributed by atoms with van der Waals surface area (Å²) in [5.74, 6) is -3.53. The quantitative estimate of drug-likeness (QED) is 0.0588. The van der Waals surface area contributed by atoms with Crippen molar-refractivity contribution in [3.05, 3.63) is 29.3 Å². The monoisotopic (exact) mass is 751 g/mol. The molecule has 0 aromatic heterocycles. The van der Waals surface area contributed by atoms with E-state index in [1.165, 1.54) is 12.1 Å². The summed E-state index contributed by atoms with van der Waals surface area (Å²) in [6.07, 6.45) is -3.37. The molecule has 1 unspecified atom stereocenters. The van der Waals surface area contributed by atoms with Gasteiger partial charge in [-0.25, -0.2) is 29.4 Å². The summed E-state index contributed by atoms with van der Waals surface area (Å²) in [7, 11) is 0. The van der Waals surface area contributed by atoms with Gasteiger partial charge in [-0.05, 0) is 93.7 Å². The normalized spacial score (nSPS) is 13.6. The summed E-state index contributed by atoms with van der Waals surface area (Å²) in [5.41, 5.74) is 1.54. The zero-order chi connectivity index (χ0) is 40.1. The van der Waals surface area contributed by atoms with Gasteiger partial charge in [-0.1, -0.05) is 11.1 Å².